The van der Waals surface area contributed by atoms with Crippen molar-refractivity contribution in [2.75, 3.05) is 26.4 Å². The van der Waals surface area contributed by atoms with Crippen molar-refractivity contribution in [2.24, 2.45) is 0 Å². The molecule has 0 aliphatic rings. The standard InChI is InChI=1S/C41H79O10P/c1-3-5-7-9-11-13-15-16-17-18-19-20-21-23-25-27-29-31-33-41(45)51-39(37-50-52(46,47)49-35-38(43)34-42)36-48-40(44)32-30-28-26-24-22-14-12-10-8-6-4-2/h10,12,38-39,42-43H,3-9,11,13-37H2,1-2H3,(H,46,47)/b12-10+/t38-,39+/m0/s1. The summed E-state index contributed by atoms with van der Waals surface area (Å²) in [6.45, 7) is 2.35. The van der Waals surface area contributed by atoms with Crippen LogP contribution in [-0.4, -0.2) is 65.7 Å². The topological polar surface area (TPSA) is 149 Å². The monoisotopic (exact) mass is 763 g/mol. The van der Waals surface area contributed by atoms with E-state index in [4.69, 9.17) is 19.1 Å². The first-order valence-corrected chi connectivity index (χ1v) is 22.6. The van der Waals surface area contributed by atoms with Crippen LogP contribution in [0.4, 0.5) is 0 Å². The summed E-state index contributed by atoms with van der Waals surface area (Å²) in [6.07, 6.45) is 34.7. The van der Waals surface area contributed by atoms with E-state index in [-0.39, 0.29) is 19.4 Å². The lowest BCUT2D eigenvalue weighted by Gasteiger charge is -2.20. The molecule has 52 heavy (non-hydrogen) atoms. The highest BCUT2D eigenvalue weighted by Crippen LogP contribution is 2.43. The number of phosphoric ester groups is 1. The summed E-state index contributed by atoms with van der Waals surface area (Å²) in [5.41, 5.74) is 0. The van der Waals surface area contributed by atoms with E-state index < -0.39 is 51.8 Å². The van der Waals surface area contributed by atoms with Crippen LogP contribution < -0.4 is 0 Å². The predicted molar refractivity (Wildman–Crippen MR) is 210 cm³/mol. The number of carbonyl (C=O) groups excluding carboxylic acids is 2. The Morgan fingerprint density at radius 1 is 0.558 bits per heavy atom. The number of rotatable bonds is 40. The Hall–Kier alpha value is -1.29. The van der Waals surface area contributed by atoms with E-state index in [1.807, 2.05) is 0 Å². The molecule has 3 atom stereocenters. The van der Waals surface area contributed by atoms with Gasteiger partial charge in [-0.1, -0.05) is 167 Å². The quantitative estimate of drug-likeness (QED) is 0.0238. The number of hydrogen-bond acceptors (Lipinski definition) is 9. The molecule has 0 aromatic heterocycles. The molecular weight excluding hydrogens is 683 g/mol. The van der Waals surface area contributed by atoms with Gasteiger partial charge in [0, 0.05) is 12.8 Å². The number of allylic oxidation sites excluding steroid dienone is 2. The molecule has 1 unspecified atom stereocenters. The van der Waals surface area contributed by atoms with Gasteiger partial charge < -0.3 is 24.6 Å². The van der Waals surface area contributed by atoms with Crippen LogP contribution >= 0.6 is 7.82 Å². The molecule has 0 heterocycles. The van der Waals surface area contributed by atoms with Crippen molar-refractivity contribution in [2.45, 2.75) is 212 Å². The van der Waals surface area contributed by atoms with Gasteiger partial charge >= 0.3 is 19.8 Å². The van der Waals surface area contributed by atoms with Crippen LogP contribution in [0.5, 0.6) is 0 Å². The summed E-state index contributed by atoms with van der Waals surface area (Å²) in [5, 5.41) is 18.3. The van der Waals surface area contributed by atoms with E-state index in [2.05, 4.69) is 30.5 Å². The van der Waals surface area contributed by atoms with Gasteiger partial charge in [0.1, 0.15) is 12.7 Å². The first kappa shape index (κ1) is 50.7. The Bertz CT molecular complexity index is 884. The van der Waals surface area contributed by atoms with E-state index in [0.29, 0.717) is 12.8 Å². The molecular formula is C41H79O10P. The molecule has 0 fully saturated rings. The molecule has 0 aromatic carbocycles. The van der Waals surface area contributed by atoms with Gasteiger partial charge in [-0.2, -0.15) is 0 Å². The summed E-state index contributed by atoms with van der Waals surface area (Å²) in [7, 11) is -4.61. The van der Waals surface area contributed by atoms with E-state index >= 15 is 0 Å². The summed E-state index contributed by atoms with van der Waals surface area (Å²) in [4.78, 5) is 34.9. The van der Waals surface area contributed by atoms with Crippen LogP contribution in [0.2, 0.25) is 0 Å². The van der Waals surface area contributed by atoms with Crippen molar-refractivity contribution >= 4 is 19.8 Å². The second kappa shape index (κ2) is 38.0. The van der Waals surface area contributed by atoms with E-state index in [9.17, 15) is 24.2 Å². The highest BCUT2D eigenvalue weighted by atomic mass is 31.2. The average Bonchev–Trinajstić information content (AvgIpc) is 3.13. The molecule has 0 aromatic rings. The second-order valence-corrected chi connectivity index (χ2v) is 15.8. The first-order valence-electron chi connectivity index (χ1n) is 21.1. The molecule has 3 N–H and O–H groups in total. The molecule has 0 bridgehead atoms. The molecule has 0 aliphatic carbocycles. The Balaban J connectivity index is 4.24. The molecule has 10 nitrogen and oxygen atoms in total. The van der Waals surface area contributed by atoms with Crippen molar-refractivity contribution in [3.05, 3.63) is 12.2 Å². The normalized spacial score (nSPS) is 14.0. The molecule has 0 saturated heterocycles. The fourth-order valence-electron chi connectivity index (χ4n) is 5.86. The zero-order valence-corrected chi connectivity index (χ0v) is 34.2. The van der Waals surface area contributed by atoms with Crippen LogP contribution in [0.1, 0.15) is 200 Å². The van der Waals surface area contributed by atoms with E-state index in [1.165, 1.54) is 103 Å². The summed E-state index contributed by atoms with van der Waals surface area (Å²) in [5.74, 6) is -0.927. The average molecular weight is 763 g/mol. The van der Waals surface area contributed by atoms with Crippen LogP contribution in [0.15, 0.2) is 12.2 Å². The lowest BCUT2D eigenvalue weighted by atomic mass is 10.0. The molecule has 0 amide bonds. The fraction of sp³-hybridized carbons (Fsp3) is 0.902. The number of carbonyl (C=O) groups is 2. The zero-order chi connectivity index (χ0) is 38.4. The largest absolute Gasteiger partial charge is 0.472 e. The van der Waals surface area contributed by atoms with E-state index in [1.54, 1.807) is 0 Å². The Labute approximate surface area is 317 Å². The minimum Gasteiger partial charge on any atom is -0.462 e. The lowest BCUT2D eigenvalue weighted by molar-refractivity contribution is -0.161. The third-order valence-corrected chi connectivity index (χ3v) is 10.1. The van der Waals surface area contributed by atoms with Crippen molar-refractivity contribution in [1.29, 1.82) is 0 Å². The maximum atomic E-state index is 12.6. The summed E-state index contributed by atoms with van der Waals surface area (Å²) < 4.78 is 32.6. The Morgan fingerprint density at radius 3 is 1.44 bits per heavy atom. The van der Waals surface area contributed by atoms with Gasteiger partial charge in [-0.3, -0.25) is 18.6 Å². The van der Waals surface area contributed by atoms with Crippen molar-refractivity contribution in [1.82, 2.24) is 0 Å². The van der Waals surface area contributed by atoms with Crippen LogP contribution in [-0.2, 0) is 32.7 Å². The number of unbranched alkanes of at least 4 members (excludes halogenated alkanes) is 24. The number of ether oxygens (including phenoxy) is 2. The van der Waals surface area contributed by atoms with Crippen molar-refractivity contribution < 1.29 is 47.8 Å². The molecule has 0 radical (unpaired) electrons. The van der Waals surface area contributed by atoms with Crippen molar-refractivity contribution in [3.63, 3.8) is 0 Å². The number of phosphoric acid groups is 1. The van der Waals surface area contributed by atoms with Crippen molar-refractivity contribution in [3.8, 4) is 0 Å². The minimum atomic E-state index is -4.61. The summed E-state index contributed by atoms with van der Waals surface area (Å²) in [6, 6.07) is 0. The smallest absolute Gasteiger partial charge is 0.462 e. The second-order valence-electron chi connectivity index (χ2n) is 14.4. The third-order valence-electron chi connectivity index (χ3n) is 9.17. The molecule has 0 aliphatic heterocycles. The van der Waals surface area contributed by atoms with Gasteiger partial charge in [0.2, 0.25) is 0 Å². The fourth-order valence-corrected chi connectivity index (χ4v) is 6.65. The van der Waals surface area contributed by atoms with Gasteiger partial charge in [-0.25, -0.2) is 4.57 Å². The maximum Gasteiger partial charge on any atom is 0.472 e. The maximum absolute atomic E-state index is 12.6. The molecule has 0 spiro atoms. The van der Waals surface area contributed by atoms with Gasteiger partial charge in [0.15, 0.2) is 6.10 Å². The van der Waals surface area contributed by atoms with Gasteiger partial charge in [0.25, 0.3) is 0 Å². The van der Waals surface area contributed by atoms with E-state index in [0.717, 1.165) is 57.8 Å². The van der Waals surface area contributed by atoms with Gasteiger partial charge in [0.05, 0.1) is 19.8 Å². The first-order chi connectivity index (χ1) is 25.2. The van der Waals surface area contributed by atoms with Gasteiger partial charge in [-0.15, -0.1) is 0 Å². The van der Waals surface area contributed by atoms with Crippen LogP contribution in [0.3, 0.4) is 0 Å². The van der Waals surface area contributed by atoms with Crippen LogP contribution in [0.25, 0.3) is 0 Å². The SMILES string of the molecule is CCCC/C=C/CCCCCCCC(=O)OC[C@H](COP(=O)(O)OC[C@@H](O)CO)OC(=O)CCCCCCCCCCCCCCCCCCCC. The number of aliphatic hydroxyl groups excluding tert-OH is 2. The Morgan fingerprint density at radius 2 is 0.962 bits per heavy atom. The predicted octanol–water partition coefficient (Wildman–Crippen LogP) is 10.8. The number of esters is 2. The van der Waals surface area contributed by atoms with Gasteiger partial charge in [-0.05, 0) is 32.1 Å². The minimum absolute atomic E-state index is 0.188. The Kier molecular flexibility index (Phi) is 37.1. The highest BCUT2D eigenvalue weighted by molar-refractivity contribution is 7.47. The molecule has 11 heteroatoms. The summed E-state index contributed by atoms with van der Waals surface area (Å²) >= 11 is 0. The number of aliphatic hydroxyl groups is 2. The third kappa shape index (κ3) is 37.0. The van der Waals surface area contributed by atoms with Crippen LogP contribution in [0, 0.1) is 0 Å². The zero-order valence-electron chi connectivity index (χ0n) is 33.3. The lowest BCUT2D eigenvalue weighted by Crippen LogP contribution is -2.29. The highest BCUT2D eigenvalue weighted by Gasteiger charge is 2.27. The molecule has 0 saturated carbocycles. The molecule has 0 rings (SSSR count). The molecule has 308 valence electrons. The number of hydrogen-bond donors (Lipinski definition) is 3.